The Hall–Kier alpha value is -3.31. The molecule has 0 spiro atoms. The molecule has 2 aromatic heterocycles. The number of hydrogen-bond acceptors (Lipinski definition) is 4. The second-order valence-electron chi connectivity index (χ2n) is 14.5. The standard InChI is InChI=1S/C38H44N4O/c1-4-24-27-19-28(33(43)20-30(27)39-36-29(24)21-37(5-2)14-9-17-41(36)23-37)32-22-38(6-3)15-10-16-40-18-13-26-25-11-7-8-12-31(25)42(32)34(26)35(38)40/h4,7-8,11-12,19-20,32,35,43H,1,5-6,9-10,13-18,21-23H2,2-3H3/t32-,35-,37+,38+/m0/s1. The van der Waals surface area contributed by atoms with Crippen LogP contribution in [0.5, 0.6) is 5.75 Å². The Morgan fingerprint density at radius 3 is 2.72 bits per heavy atom. The molecule has 43 heavy (non-hydrogen) atoms. The van der Waals surface area contributed by atoms with Gasteiger partial charge in [-0.05, 0) is 98.4 Å². The third-order valence-corrected chi connectivity index (χ3v) is 12.7. The Morgan fingerprint density at radius 1 is 1.02 bits per heavy atom. The average Bonchev–Trinajstić information content (AvgIpc) is 3.38. The number of piperidine rings is 2. The van der Waals surface area contributed by atoms with E-state index in [0.29, 0.717) is 17.2 Å². The van der Waals surface area contributed by atoms with Gasteiger partial charge >= 0.3 is 0 Å². The molecule has 5 heteroatoms. The van der Waals surface area contributed by atoms with Crippen molar-refractivity contribution in [2.45, 2.75) is 83.7 Å². The Balaban J connectivity index is 1.29. The second kappa shape index (κ2) is 9.11. The molecule has 0 unspecified atom stereocenters. The first-order valence-corrected chi connectivity index (χ1v) is 16.9. The summed E-state index contributed by atoms with van der Waals surface area (Å²) in [6.07, 6.45) is 12.7. The van der Waals surface area contributed by atoms with Crippen LogP contribution in [0.2, 0.25) is 0 Å². The van der Waals surface area contributed by atoms with Gasteiger partial charge in [0, 0.05) is 58.8 Å². The molecule has 0 aliphatic carbocycles. The van der Waals surface area contributed by atoms with Crippen molar-refractivity contribution in [2.24, 2.45) is 10.8 Å². The SMILES string of the molecule is C=Cc1c2c(nc3cc(O)c([C@@H]4C[C@@]5(CC)CCCN6CCc7c(n4c4ccccc74)[C@H]65)cc13)N1CCC[C@](CC)(C2)C1. The lowest BCUT2D eigenvalue weighted by Crippen LogP contribution is -2.53. The number of aromatic nitrogens is 2. The van der Waals surface area contributed by atoms with Crippen LogP contribution >= 0.6 is 0 Å². The van der Waals surface area contributed by atoms with Gasteiger partial charge in [0.15, 0.2) is 0 Å². The number of phenolic OH excluding ortho intramolecular Hbond substituents is 1. The quantitative estimate of drug-likeness (QED) is 0.268. The monoisotopic (exact) mass is 572 g/mol. The van der Waals surface area contributed by atoms with Gasteiger partial charge in [-0.1, -0.05) is 44.7 Å². The first-order chi connectivity index (χ1) is 21.0. The summed E-state index contributed by atoms with van der Waals surface area (Å²) in [5, 5.41) is 14.5. The van der Waals surface area contributed by atoms with Crippen LogP contribution in [-0.4, -0.2) is 45.7 Å². The zero-order valence-corrected chi connectivity index (χ0v) is 25.8. The predicted molar refractivity (Wildman–Crippen MR) is 176 cm³/mol. The normalized spacial score (nSPS) is 29.5. The summed E-state index contributed by atoms with van der Waals surface area (Å²) in [5.41, 5.74) is 9.50. The van der Waals surface area contributed by atoms with Crippen molar-refractivity contribution in [3.63, 3.8) is 0 Å². The molecule has 2 fully saturated rings. The molecule has 5 aliphatic rings. The first-order valence-electron chi connectivity index (χ1n) is 16.9. The van der Waals surface area contributed by atoms with Crippen LogP contribution in [0.25, 0.3) is 27.9 Å². The number of para-hydroxylation sites is 1. The topological polar surface area (TPSA) is 44.5 Å². The molecule has 5 nitrogen and oxygen atoms in total. The van der Waals surface area contributed by atoms with Crippen LogP contribution in [0.15, 0.2) is 43.0 Å². The summed E-state index contributed by atoms with van der Waals surface area (Å²) in [6.45, 7) is 13.7. The fourth-order valence-electron chi connectivity index (χ4n) is 10.6. The molecule has 4 aromatic rings. The van der Waals surface area contributed by atoms with Crippen LogP contribution in [0.3, 0.4) is 0 Å². The maximum Gasteiger partial charge on any atom is 0.133 e. The van der Waals surface area contributed by atoms with Gasteiger partial charge in [-0.15, -0.1) is 0 Å². The van der Waals surface area contributed by atoms with Crippen LogP contribution in [-0.2, 0) is 12.8 Å². The third-order valence-electron chi connectivity index (χ3n) is 12.7. The predicted octanol–water partition coefficient (Wildman–Crippen LogP) is 8.17. The molecule has 9 rings (SSSR count). The van der Waals surface area contributed by atoms with Crippen molar-refractivity contribution in [3.05, 3.63) is 70.9 Å². The lowest BCUT2D eigenvalue weighted by atomic mass is 9.62. The number of benzene rings is 2. The largest absolute Gasteiger partial charge is 0.508 e. The van der Waals surface area contributed by atoms with Gasteiger partial charge in [-0.25, -0.2) is 4.98 Å². The molecule has 2 bridgehead atoms. The van der Waals surface area contributed by atoms with E-state index < -0.39 is 0 Å². The summed E-state index contributed by atoms with van der Waals surface area (Å²) < 4.78 is 2.66. The molecular formula is C38H44N4O. The number of anilines is 1. The lowest BCUT2D eigenvalue weighted by Gasteiger charge is -2.57. The number of hydrogen-bond donors (Lipinski definition) is 1. The smallest absolute Gasteiger partial charge is 0.133 e. The van der Waals surface area contributed by atoms with E-state index in [1.165, 1.54) is 72.8 Å². The molecule has 2 saturated heterocycles. The summed E-state index contributed by atoms with van der Waals surface area (Å²) in [4.78, 5) is 10.6. The highest BCUT2D eigenvalue weighted by atomic mass is 16.3. The third kappa shape index (κ3) is 3.40. The molecule has 5 aliphatic heterocycles. The van der Waals surface area contributed by atoms with Crippen molar-refractivity contribution in [1.29, 1.82) is 0 Å². The molecule has 7 heterocycles. The minimum atomic E-state index is 0.0890. The summed E-state index contributed by atoms with van der Waals surface area (Å²) in [6, 6.07) is 13.9. The molecule has 2 aromatic carbocycles. The average molecular weight is 573 g/mol. The molecule has 0 saturated carbocycles. The van der Waals surface area contributed by atoms with E-state index in [1.807, 2.05) is 6.07 Å². The van der Waals surface area contributed by atoms with E-state index in [2.05, 4.69) is 71.2 Å². The van der Waals surface area contributed by atoms with Gasteiger partial charge < -0.3 is 14.6 Å². The van der Waals surface area contributed by atoms with Gasteiger partial charge in [0.25, 0.3) is 0 Å². The molecule has 222 valence electrons. The van der Waals surface area contributed by atoms with Crippen LogP contribution < -0.4 is 4.90 Å². The van der Waals surface area contributed by atoms with E-state index >= 15 is 0 Å². The van der Waals surface area contributed by atoms with Gasteiger partial charge in [0.2, 0.25) is 0 Å². The summed E-state index contributed by atoms with van der Waals surface area (Å²) in [5.74, 6) is 1.51. The maximum atomic E-state index is 11.9. The number of aromatic hydroxyl groups is 1. The minimum Gasteiger partial charge on any atom is -0.508 e. The molecular weight excluding hydrogens is 528 g/mol. The second-order valence-corrected chi connectivity index (χ2v) is 14.5. The Kier molecular flexibility index (Phi) is 5.53. The highest BCUT2D eigenvalue weighted by Gasteiger charge is 2.53. The Labute approximate surface area is 255 Å². The number of fused-ring (bicyclic) bond motifs is 8. The van der Waals surface area contributed by atoms with Crippen molar-refractivity contribution in [1.82, 2.24) is 14.5 Å². The molecule has 0 amide bonds. The summed E-state index contributed by atoms with van der Waals surface area (Å²) in [7, 11) is 0. The number of phenols is 1. The highest BCUT2D eigenvalue weighted by Crippen LogP contribution is 2.61. The van der Waals surface area contributed by atoms with Gasteiger partial charge in [0.1, 0.15) is 11.6 Å². The number of nitrogens with zero attached hydrogens (tertiary/aromatic N) is 4. The van der Waals surface area contributed by atoms with E-state index in [1.54, 1.807) is 5.56 Å². The van der Waals surface area contributed by atoms with Crippen LogP contribution in [0.4, 0.5) is 5.82 Å². The molecule has 1 N–H and O–H groups in total. The maximum absolute atomic E-state index is 11.9. The fourth-order valence-corrected chi connectivity index (χ4v) is 10.6. The Bertz CT molecular complexity index is 1820. The van der Waals surface area contributed by atoms with Crippen molar-refractivity contribution < 1.29 is 5.11 Å². The van der Waals surface area contributed by atoms with Gasteiger partial charge in [-0.3, -0.25) is 4.90 Å². The van der Waals surface area contributed by atoms with E-state index in [0.717, 1.165) is 61.2 Å². The number of rotatable bonds is 4. The molecule has 4 atom stereocenters. The Morgan fingerprint density at radius 2 is 1.88 bits per heavy atom. The van der Waals surface area contributed by atoms with Crippen LogP contribution in [0.1, 0.15) is 98.8 Å². The zero-order chi connectivity index (χ0) is 29.1. The fraction of sp³-hybridized carbons (Fsp3) is 0.500. The first kappa shape index (κ1) is 26.1. The zero-order valence-electron chi connectivity index (χ0n) is 25.8. The summed E-state index contributed by atoms with van der Waals surface area (Å²) >= 11 is 0. The van der Waals surface area contributed by atoms with E-state index in [9.17, 15) is 5.11 Å². The molecule has 0 radical (unpaired) electrons. The van der Waals surface area contributed by atoms with E-state index in [4.69, 9.17) is 4.98 Å². The van der Waals surface area contributed by atoms with E-state index in [-0.39, 0.29) is 11.5 Å². The van der Waals surface area contributed by atoms with Crippen LogP contribution in [0, 0.1) is 10.8 Å². The highest BCUT2D eigenvalue weighted by molar-refractivity contribution is 5.94. The minimum absolute atomic E-state index is 0.0890. The van der Waals surface area contributed by atoms with Crippen molar-refractivity contribution >= 4 is 33.7 Å². The van der Waals surface area contributed by atoms with Gasteiger partial charge in [-0.2, -0.15) is 0 Å². The van der Waals surface area contributed by atoms with Crippen molar-refractivity contribution in [3.8, 4) is 5.75 Å². The lowest BCUT2D eigenvalue weighted by molar-refractivity contribution is -0.0314. The van der Waals surface area contributed by atoms with Crippen molar-refractivity contribution in [2.75, 3.05) is 31.1 Å². The number of pyridine rings is 1. The van der Waals surface area contributed by atoms with Gasteiger partial charge in [0.05, 0.1) is 17.6 Å².